The standard InChI is InChI=1S/C13H15NO2/c15-13(16)12(9-4-2-1-3-5-9)14-10-6-7-11(14)8-10/h1-5,10-12H,6-8H2,(H,15,16). The first-order valence-electron chi connectivity index (χ1n) is 5.82. The number of fused-ring (bicyclic) bond motifs is 1. The fraction of sp³-hybridized carbons (Fsp3) is 0.462. The van der Waals surface area contributed by atoms with Crippen LogP contribution in [0, 0.1) is 0 Å². The minimum absolute atomic E-state index is 0.438. The lowest BCUT2D eigenvalue weighted by Gasteiger charge is -2.44. The number of carboxylic acids is 1. The van der Waals surface area contributed by atoms with Gasteiger partial charge in [-0.2, -0.15) is 0 Å². The summed E-state index contributed by atoms with van der Waals surface area (Å²) in [7, 11) is 0. The van der Waals surface area contributed by atoms with Gasteiger partial charge in [-0.1, -0.05) is 30.3 Å². The molecule has 4 rings (SSSR count). The first-order chi connectivity index (χ1) is 7.77. The van der Waals surface area contributed by atoms with Gasteiger partial charge in [0.2, 0.25) is 0 Å². The van der Waals surface area contributed by atoms with Gasteiger partial charge >= 0.3 is 5.97 Å². The Morgan fingerprint density at radius 3 is 2.38 bits per heavy atom. The average molecular weight is 217 g/mol. The van der Waals surface area contributed by atoms with Gasteiger partial charge in [0.25, 0.3) is 0 Å². The molecule has 2 aliphatic heterocycles. The number of hydrogen-bond acceptors (Lipinski definition) is 2. The van der Waals surface area contributed by atoms with Gasteiger partial charge in [0.15, 0.2) is 0 Å². The second-order valence-electron chi connectivity index (χ2n) is 4.72. The molecule has 3 nitrogen and oxygen atoms in total. The second kappa shape index (κ2) is 3.59. The summed E-state index contributed by atoms with van der Waals surface area (Å²) in [5, 5.41) is 9.38. The zero-order chi connectivity index (χ0) is 11.1. The topological polar surface area (TPSA) is 40.5 Å². The van der Waals surface area contributed by atoms with E-state index >= 15 is 0 Å². The van der Waals surface area contributed by atoms with E-state index in [0.29, 0.717) is 12.1 Å². The molecule has 1 aliphatic carbocycles. The summed E-state index contributed by atoms with van der Waals surface area (Å²) in [5.74, 6) is -0.720. The smallest absolute Gasteiger partial charge is 0.325 e. The van der Waals surface area contributed by atoms with Gasteiger partial charge in [-0.15, -0.1) is 0 Å². The molecule has 1 aromatic rings. The van der Waals surface area contributed by atoms with Gasteiger partial charge in [-0.3, -0.25) is 9.69 Å². The van der Waals surface area contributed by atoms with Gasteiger partial charge in [-0.25, -0.2) is 0 Å². The minimum Gasteiger partial charge on any atom is -0.480 e. The van der Waals surface area contributed by atoms with Crippen molar-refractivity contribution in [3.63, 3.8) is 0 Å². The van der Waals surface area contributed by atoms with Crippen LogP contribution in [0.1, 0.15) is 30.9 Å². The van der Waals surface area contributed by atoms with E-state index in [1.807, 2.05) is 30.3 Å². The first-order valence-corrected chi connectivity index (χ1v) is 5.82. The molecule has 3 unspecified atom stereocenters. The Morgan fingerprint density at radius 2 is 1.88 bits per heavy atom. The van der Waals surface area contributed by atoms with E-state index in [4.69, 9.17) is 0 Å². The summed E-state index contributed by atoms with van der Waals surface area (Å²) < 4.78 is 0. The highest BCUT2D eigenvalue weighted by atomic mass is 16.4. The quantitative estimate of drug-likeness (QED) is 0.842. The van der Waals surface area contributed by atoms with Crippen molar-refractivity contribution < 1.29 is 9.90 Å². The average Bonchev–Trinajstić information content (AvgIpc) is 2.88. The molecule has 1 aromatic carbocycles. The highest BCUT2D eigenvalue weighted by Gasteiger charge is 2.50. The Bertz CT molecular complexity index is 390. The van der Waals surface area contributed by atoms with Crippen LogP contribution in [0.4, 0.5) is 0 Å². The summed E-state index contributed by atoms with van der Waals surface area (Å²) in [6.07, 6.45) is 3.53. The van der Waals surface area contributed by atoms with Crippen molar-refractivity contribution in [1.82, 2.24) is 4.90 Å². The van der Waals surface area contributed by atoms with Crippen LogP contribution in [0.3, 0.4) is 0 Å². The number of nitrogens with zero attached hydrogens (tertiary/aromatic N) is 1. The van der Waals surface area contributed by atoms with Crippen molar-refractivity contribution in [2.75, 3.05) is 0 Å². The molecule has 1 N–H and O–H groups in total. The Hall–Kier alpha value is -1.35. The predicted octanol–water partition coefficient (Wildman–Crippen LogP) is 2.05. The molecule has 3 fully saturated rings. The molecule has 3 atom stereocenters. The molecule has 3 aliphatic rings. The summed E-state index contributed by atoms with van der Waals surface area (Å²) in [5.41, 5.74) is 0.909. The number of rotatable bonds is 3. The highest BCUT2D eigenvalue weighted by molar-refractivity contribution is 5.76. The number of carbonyl (C=O) groups is 1. The zero-order valence-corrected chi connectivity index (χ0v) is 9.04. The van der Waals surface area contributed by atoms with Crippen LogP contribution in [0.5, 0.6) is 0 Å². The Morgan fingerprint density at radius 1 is 1.25 bits per heavy atom. The van der Waals surface area contributed by atoms with Gasteiger partial charge in [0.05, 0.1) is 0 Å². The predicted molar refractivity (Wildman–Crippen MR) is 60.1 cm³/mol. The molecule has 1 saturated carbocycles. The lowest BCUT2D eigenvalue weighted by atomic mass is 9.95. The molecule has 84 valence electrons. The fourth-order valence-corrected chi connectivity index (χ4v) is 3.14. The molecular formula is C13H15NO2. The Balaban J connectivity index is 1.91. The second-order valence-corrected chi connectivity index (χ2v) is 4.72. The zero-order valence-electron chi connectivity index (χ0n) is 9.04. The summed E-state index contributed by atoms with van der Waals surface area (Å²) in [4.78, 5) is 13.6. The van der Waals surface area contributed by atoms with Gasteiger partial charge < -0.3 is 5.11 Å². The molecule has 0 amide bonds. The Kier molecular flexibility index (Phi) is 2.21. The van der Waals surface area contributed by atoms with Crippen LogP contribution >= 0.6 is 0 Å². The molecule has 16 heavy (non-hydrogen) atoms. The van der Waals surface area contributed by atoms with Crippen LogP contribution in [-0.4, -0.2) is 28.1 Å². The van der Waals surface area contributed by atoms with Gasteiger partial charge in [0.1, 0.15) is 6.04 Å². The lowest BCUT2D eigenvalue weighted by molar-refractivity contribution is -0.148. The third-order valence-electron chi connectivity index (χ3n) is 3.87. The summed E-state index contributed by atoms with van der Waals surface area (Å²) in [6.45, 7) is 0. The summed E-state index contributed by atoms with van der Waals surface area (Å²) >= 11 is 0. The van der Waals surface area contributed by atoms with E-state index in [1.165, 1.54) is 19.3 Å². The maximum absolute atomic E-state index is 11.4. The third-order valence-corrected chi connectivity index (χ3v) is 3.87. The van der Waals surface area contributed by atoms with Crippen LogP contribution in [0.2, 0.25) is 0 Å². The van der Waals surface area contributed by atoms with Crippen molar-refractivity contribution in [2.45, 2.75) is 37.4 Å². The van der Waals surface area contributed by atoms with Crippen molar-refractivity contribution >= 4 is 5.97 Å². The number of hydrogen-bond donors (Lipinski definition) is 1. The van der Waals surface area contributed by atoms with Crippen LogP contribution < -0.4 is 0 Å². The maximum atomic E-state index is 11.4. The van der Waals surface area contributed by atoms with Crippen molar-refractivity contribution in [3.05, 3.63) is 35.9 Å². The van der Waals surface area contributed by atoms with Crippen molar-refractivity contribution in [3.8, 4) is 0 Å². The van der Waals surface area contributed by atoms with Crippen LogP contribution in [0.15, 0.2) is 30.3 Å². The molecule has 3 heteroatoms. The molecule has 0 spiro atoms. The molecule has 2 heterocycles. The fourth-order valence-electron chi connectivity index (χ4n) is 3.14. The van der Waals surface area contributed by atoms with Crippen molar-refractivity contribution in [2.24, 2.45) is 0 Å². The number of aliphatic carboxylic acids is 1. The molecular weight excluding hydrogens is 202 g/mol. The SMILES string of the molecule is O=C(O)C(c1ccccc1)N1C2CCC1C2. The maximum Gasteiger partial charge on any atom is 0.325 e. The van der Waals surface area contributed by atoms with E-state index in [2.05, 4.69) is 4.90 Å². The molecule has 0 aromatic heterocycles. The van der Waals surface area contributed by atoms with E-state index in [9.17, 15) is 9.90 Å². The monoisotopic (exact) mass is 217 g/mol. The van der Waals surface area contributed by atoms with Crippen LogP contribution in [0.25, 0.3) is 0 Å². The van der Waals surface area contributed by atoms with E-state index < -0.39 is 12.0 Å². The van der Waals surface area contributed by atoms with Gasteiger partial charge in [-0.05, 0) is 24.8 Å². The minimum atomic E-state index is -0.720. The summed E-state index contributed by atoms with van der Waals surface area (Å²) in [6, 6.07) is 10.1. The number of benzene rings is 1. The van der Waals surface area contributed by atoms with E-state index in [1.54, 1.807) is 0 Å². The van der Waals surface area contributed by atoms with Crippen molar-refractivity contribution in [1.29, 1.82) is 0 Å². The highest BCUT2D eigenvalue weighted by Crippen LogP contribution is 2.46. The molecule has 0 radical (unpaired) electrons. The first kappa shape index (κ1) is 9.85. The van der Waals surface area contributed by atoms with Gasteiger partial charge in [0, 0.05) is 12.1 Å². The largest absolute Gasteiger partial charge is 0.480 e. The lowest BCUT2D eigenvalue weighted by Crippen LogP contribution is -2.52. The van der Waals surface area contributed by atoms with E-state index in [-0.39, 0.29) is 0 Å². The molecule has 2 bridgehead atoms. The number of carboxylic acid groups (broad SMARTS) is 1. The third kappa shape index (κ3) is 1.35. The van der Waals surface area contributed by atoms with E-state index in [0.717, 1.165) is 5.56 Å². The molecule has 2 saturated heterocycles. The van der Waals surface area contributed by atoms with Crippen LogP contribution in [-0.2, 0) is 4.79 Å². The normalized spacial score (nSPS) is 29.8. The Labute approximate surface area is 94.7 Å².